The van der Waals surface area contributed by atoms with Crippen molar-refractivity contribution in [1.29, 1.82) is 0 Å². The topological polar surface area (TPSA) is 92.4 Å². The Labute approximate surface area is 206 Å². The summed E-state index contributed by atoms with van der Waals surface area (Å²) in [7, 11) is 0. The van der Waals surface area contributed by atoms with Crippen molar-refractivity contribution in [3.05, 3.63) is 46.8 Å². The molecule has 1 atom stereocenters. The molecule has 1 aromatic heterocycles. The van der Waals surface area contributed by atoms with Gasteiger partial charge in [0, 0.05) is 49.5 Å². The van der Waals surface area contributed by atoms with Crippen LogP contribution in [-0.4, -0.2) is 63.2 Å². The summed E-state index contributed by atoms with van der Waals surface area (Å²) in [5, 5.41) is 0. The summed E-state index contributed by atoms with van der Waals surface area (Å²) in [4.78, 5) is 34.5. The summed E-state index contributed by atoms with van der Waals surface area (Å²) in [5.74, 6) is -7.07. The first kappa shape index (κ1) is 26.8. The standard InChI is InChI=1S/C23H22F7N5O2/c24-15-2-1-12(7-16(15)25)21-32-17-10-34(6-4-14(17)20(33-21)23(28,29)30)19(37)8-13(31)9-35-11-22(26,27)5-3-18(35)36/h1-2,7,13H,3-6,8-11,31H2/t13-/m0/s1. The van der Waals surface area contributed by atoms with Gasteiger partial charge in [0.2, 0.25) is 11.8 Å². The average Bonchev–Trinajstić information content (AvgIpc) is 2.81. The van der Waals surface area contributed by atoms with Crippen LogP contribution in [0.5, 0.6) is 0 Å². The molecule has 4 rings (SSSR count). The fourth-order valence-corrected chi connectivity index (χ4v) is 4.40. The number of alkyl halides is 5. The van der Waals surface area contributed by atoms with Crippen LogP contribution in [0, 0.1) is 11.6 Å². The predicted molar refractivity (Wildman–Crippen MR) is 115 cm³/mol. The van der Waals surface area contributed by atoms with Gasteiger partial charge in [-0.05, 0) is 24.6 Å². The summed E-state index contributed by atoms with van der Waals surface area (Å²) >= 11 is 0. The predicted octanol–water partition coefficient (Wildman–Crippen LogP) is 3.30. The van der Waals surface area contributed by atoms with Gasteiger partial charge in [-0.15, -0.1) is 0 Å². The summed E-state index contributed by atoms with van der Waals surface area (Å²) in [6, 6.07) is 1.48. The number of rotatable bonds is 5. The van der Waals surface area contributed by atoms with Crippen molar-refractivity contribution in [3.63, 3.8) is 0 Å². The largest absolute Gasteiger partial charge is 0.433 e. The van der Waals surface area contributed by atoms with E-state index in [4.69, 9.17) is 5.73 Å². The SMILES string of the molecule is N[C@@H](CC(=O)N1CCc2c(nc(-c3ccc(F)c(F)c3)nc2C(F)(F)F)C1)CN1CC(F)(F)CCC1=O. The minimum Gasteiger partial charge on any atom is -0.336 e. The number of fused-ring (bicyclic) bond motifs is 1. The van der Waals surface area contributed by atoms with Crippen LogP contribution in [-0.2, 0) is 28.7 Å². The van der Waals surface area contributed by atoms with Gasteiger partial charge in [0.25, 0.3) is 5.92 Å². The molecule has 14 heteroatoms. The molecule has 2 aliphatic heterocycles. The number of aromatic nitrogens is 2. The molecule has 0 saturated carbocycles. The van der Waals surface area contributed by atoms with E-state index in [0.29, 0.717) is 6.07 Å². The highest BCUT2D eigenvalue weighted by molar-refractivity contribution is 5.78. The molecule has 0 spiro atoms. The fraction of sp³-hybridized carbons (Fsp3) is 0.478. The van der Waals surface area contributed by atoms with Gasteiger partial charge >= 0.3 is 6.18 Å². The highest BCUT2D eigenvalue weighted by atomic mass is 19.4. The Morgan fingerprint density at radius 2 is 1.86 bits per heavy atom. The molecule has 0 unspecified atom stereocenters. The molecule has 7 nitrogen and oxygen atoms in total. The van der Waals surface area contributed by atoms with Crippen LogP contribution in [0.2, 0.25) is 0 Å². The minimum absolute atomic E-state index is 0.101. The normalized spacial score (nSPS) is 18.5. The van der Waals surface area contributed by atoms with Crippen LogP contribution in [0.1, 0.15) is 36.2 Å². The van der Waals surface area contributed by atoms with E-state index in [1.807, 2.05) is 0 Å². The first-order valence-electron chi connectivity index (χ1n) is 11.3. The fourth-order valence-electron chi connectivity index (χ4n) is 4.40. The van der Waals surface area contributed by atoms with E-state index in [-0.39, 0.29) is 55.7 Å². The number of carbonyl (C=O) groups excluding carboxylic acids is 2. The molecule has 3 heterocycles. The van der Waals surface area contributed by atoms with Crippen molar-refractivity contribution in [3.8, 4) is 11.4 Å². The molecule has 2 N–H and O–H groups in total. The lowest BCUT2D eigenvalue weighted by Gasteiger charge is -2.34. The lowest BCUT2D eigenvalue weighted by Crippen LogP contribution is -2.51. The third-order valence-corrected chi connectivity index (χ3v) is 6.24. The number of piperidine rings is 1. The van der Waals surface area contributed by atoms with E-state index in [2.05, 4.69) is 9.97 Å². The molecule has 0 radical (unpaired) electrons. The van der Waals surface area contributed by atoms with Crippen LogP contribution < -0.4 is 5.73 Å². The number of carbonyl (C=O) groups is 2. The van der Waals surface area contributed by atoms with Gasteiger partial charge in [-0.2, -0.15) is 13.2 Å². The molecule has 2 aromatic rings. The van der Waals surface area contributed by atoms with E-state index < -0.39 is 66.1 Å². The smallest absolute Gasteiger partial charge is 0.336 e. The monoisotopic (exact) mass is 533 g/mol. The Balaban J connectivity index is 1.52. The van der Waals surface area contributed by atoms with Crippen LogP contribution in [0.15, 0.2) is 18.2 Å². The molecule has 0 bridgehead atoms. The van der Waals surface area contributed by atoms with Crippen LogP contribution in [0.4, 0.5) is 30.7 Å². The third-order valence-electron chi connectivity index (χ3n) is 6.24. The summed E-state index contributed by atoms with van der Waals surface area (Å²) in [6.07, 6.45) is -6.31. The number of nitrogens with zero attached hydrogens (tertiary/aromatic N) is 4. The second kappa shape index (κ2) is 9.88. The highest BCUT2D eigenvalue weighted by Gasteiger charge is 2.41. The zero-order valence-corrected chi connectivity index (χ0v) is 19.3. The van der Waals surface area contributed by atoms with E-state index in [0.717, 1.165) is 17.0 Å². The molecule has 1 saturated heterocycles. The van der Waals surface area contributed by atoms with Crippen LogP contribution >= 0.6 is 0 Å². The lowest BCUT2D eigenvalue weighted by atomic mass is 10.0. The van der Waals surface area contributed by atoms with E-state index in [9.17, 15) is 40.3 Å². The molecule has 2 aliphatic rings. The van der Waals surface area contributed by atoms with Crippen molar-refractivity contribution in [2.45, 2.75) is 50.4 Å². The highest BCUT2D eigenvalue weighted by Crippen LogP contribution is 2.35. The summed E-state index contributed by atoms with van der Waals surface area (Å²) in [6.45, 7) is -1.50. The Hall–Kier alpha value is -3.29. The molecular formula is C23H22F7N5O2. The van der Waals surface area contributed by atoms with E-state index >= 15 is 0 Å². The number of hydrogen-bond donors (Lipinski definition) is 1. The second-order valence-corrected chi connectivity index (χ2v) is 9.11. The van der Waals surface area contributed by atoms with Gasteiger partial charge in [-0.3, -0.25) is 9.59 Å². The average molecular weight is 533 g/mol. The van der Waals surface area contributed by atoms with E-state index in [1.54, 1.807) is 0 Å². The molecule has 2 amide bonds. The van der Waals surface area contributed by atoms with Crippen LogP contribution in [0.25, 0.3) is 11.4 Å². The number of likely N-dealkylation sites (tertiary alicyclic amines) is 1. The molecule has 1 fully saturated rings. The summed E-state index contributed by atoms with van der Waals surface area (Å²) in [5.41, 5.74) is 4.20. The van der Waals surface area contributed by atoms with Crippen molar-refractivity contribution in [2.75, 3.05) is 19.6 Å². The Bertz CT molecular complexity index is 1220. The van der Waals surface area contributed by atoms with Gasteiger partial charge in [-0.1, -0.05) is 0 Å². The van der Waals surface area contributed by atoms with Gasteiger partial charge in [0.1, 0.15) is 0 Å². The van der Waals surface area contributed by atoms with Crippen LogP contribution in [0.3, 0.4) is 0 Å². The van der Waals surface area contributed by atoms with Gasteiger partial charge < -0.3 is 15.5 Å². The third kappa shape index (κ3) is 6.00. The second-order valence-electron chi connectivity index (χ2n) is 9.11. The number of halogens is 7. The van der Waals surface area contributed by atoms with Gasteiger partial charge in [-0.25, -0.2) is 27.5 Å². The number of benzene rings is 1. The maximum atomic E-state index is 13.7. The van der Waals surface area contributed by atoms with Gasteiger partial charge in [0.05, 0.1) is 18.8 Å². The Kier molecular flexibility index (Phi) is 7.14. The number of nitrogens with two attached hydrogens (primary N) is 1. The summed E-state index contributed by atoms with van der Waals surface area (Å²) < 4.78 is 95.5. The number of hydrogen-bond acceptors (Lipinski definition) is 5. The molecule has 37 heavy (non-hydrogen) atoms. The molecule has 200 valence electrons. The zero-order valence-electron chi connectivity index (χ0n) is 19.3. The van der Waals surface area contributed by atoms with Crippen molar-refractivity contribution in [2.24, 2.45) is 5.73 Å². The van der Waals surface area contributed by atoms with Crippen molar-refractivity contribution in [1.82, 2.24) is 19.8 Å². The number of amides is 2. The van der Waals surface area contributed by atoms with Crippen molar-refractivity contribution < 1.29 is 40.3 Å². The van der Waals surface area contributed by atoms with Gasteiger partial charge in [0.15, 0.2) is 23.2 Å². The first-order valence-corrected chi connectivity index (χ1v) is 11.3. The molecule has 0 aliphatic carbocycles. The lowest BCUT2D eigenvalue weighted by molar-refractivity contribution is -0.148. The first-order chi connectivity index (χ1) is 17.2. The molecular weight excluding hydrogens is 511 g/mol. The Morgan fingerprint density at radius 1 is 1.14 bits per heavy atom. The Morgan fingerprint density at radius 3 is 2.54 bits per heavy atom. The maximum Gasteiger partial charge on any atom is 0.433 e. The van der Waals surface area contributed by atoms with E-state index in [1.165, 1.54) is 4.90 Å². The molecule has 1 aromatic carbocycles. The maximum absolute atomic E-state index is 13.7. The quantitative estimate of drug-likeness (QED) is 0.596. The van der Waals surface area contributed by atoms with Crippen molar-refractivity contribution >= 4 is 11.8 Å². The minimum atomic E-state index is -4.86. The zero-order chi connectivity index (χ0) is 27.1.